The van der Waals surface area contributed by atoms with Gasteiger partial charge in [-0.25, -0.2) is 9.67 Å². The number of methoxy groups -OCH3 is 1. The predicted octanol–water partition coefficient (Wildman–Crippen LogP) is 4.51. The zero-order valence-corrected chi connectivity index (χ0v) is 18.8. The SMILES string of the molecule is CCCCn1nc(C(=O)N(Cc2ccccc2)c2nc3ccc(OC)cc3s2)ccc1=O. The van der Waals surface area contributed by atoms with Gasteiger partial charge in [-0.05, 0) is 36.2 Å². The number of benzene rings is 2. The van der Waals surface area contributed by atoms with Crippen LogP contribution in [0.2, 0.25) is 0 Å². The van der Waals surface area contributed by atoms with Crippen molar-refractivity contribution in [2.75, 3.05) is 12.0 Å². The number of carbonyl (C=O) groups excluding carboxylic acids is 1. The molecular formula is C24H24N4O3S. The number of anilines is 1. The summed E-state index contributed by atoms with van der Waals surface area (Å²) in [7, 11) is 1.62. The van der Waals surface area contributed by atoms with Gasteiger partial charge in [0.25, 0.3) is 11.5 Å². The summed E-state index contributed by atoms with van der Waals surface area (Å²) in [4.78, 5) is 32.0. The van der Waals surface area contributed by atoms with Crippen LogP contribution in [0.25, 0.3) is 10.2 Å². The molecule has 2 aromatic heterocycles. The van der Waals surface area contributed by atoms with Crippen LogP contribution in [0.5, 0.6) is 5.75 Å². The Bertz CT molecular complexity index is 1280. The first-order valence-corrected chi connectivity index (χ1v) is 11.3. The molecule has 0 saturated carbocycles. The molecule has 0 unspecified atom stereocenters. The molecule has 2 heterocycles. The molecule has 0 spiro atoms. The molecule has 2 aromatic carbocycles. The average molecular weight is 449 g/mol. The van der Waals surface area contributed by atoms with E-state index >= 15 is 0 Å². The minimum absolute atomic E-state index is 0.211. The molecule has 0 bridgehead atoms. The Kier molecular flexibility index (Phi) is 6.61. The smallest absolute Gasteiger partial charge is 0.280 e. The average Bonchev–Trinajstić information content (AvgIpc) is 3.25. The number of ether oxygens (including phenoxy) is 1. The summed E-state index contributed by atoms with van der Waals surface area (Å²) in [5.74, 6) is 0.434. The number of thiazole rings is 1. The summed E-state index contributed by atoms with van der Waals surface area (Å²) < 4.78 is 7.60. The van der Waals surface area contributed by atoms with E-state index in [0.29, 0.717) is 18.2 Å². The fourth-order valence-corrected chi connectivity index (χ4v) is 4.29. The van der Waals surface area contributed by atoms with Gasteiger partial charge in [0, 0.05) is 12.6 Å². The lowest BCUT2D eigenvalue weighted by atomic mass is 10.2. The molecule has 0 radical (unpaired) electrons. The Hall–Kier alpha value is -3.52. The van der Waals surface area contributed by atoms with Gasteiger partial charge in [-0.3, -0.25) is 14.5 Å². The highest BCUT2D eigenvalue weighted by Gasteiger charge is 2.23. The molecule has 4 rings (SSSR count). The van der Waals surface area contributed by atoms with Crippen LogP contribution in [0.4, 0.5) is 5.13 Å². The molecule has 0 aliphatic rings. The topological polar surface area (TPSA) is 77.3 Å². The second kappa shape index (κ2) is 9.74. The Balaban J connectivity index is 1.74. The first-order chi connectivity index (χ1) is 15.6. The maximum Gasteiger partial charge on any atom is 0.280 e. The van der Waals surface area contributed by atoms with Crippen molar-refractivity contribution in [3.63, 3.8) is 0 Å². The molecule has 8 heteroatoms. The molecule has 0 fully saturated rings. The Labute approximate surface area is 189 Å². The number of hydrogen-bond acceptors (Lipinski definition) is 6. The molecule has 0 aliphatic heterocycles. The molecule has 32 heavy (non-hydrogen) atoms. The van der Waals surface area contributed by atoms with Crippen molar-refractivity contribution in [3.8, 4) is 5.75 Å². The number of aromatic nitrogens is 3. The van der Waals surface area contributed by atoms with Crippen molar-refractivity contribution in [2.45, 2.75) is 32.9 Å². The third-order valence-electron chi connectivity index (χ3n) is 5.05. The van der Waals surface area contributed by atoms with E-state index in [-0.39, 0.29) is 17.2 Å². The zero-order valence-electron chi connectivity index (χ0n) is 18.0. The number of nitrogens with zero attached hydrogens (tertiary/aromatic N) is 4. The summed E-state index contributed by atoms with van der Waals surface area (Å²) in [6, 6.07) is 18.3. The Morgan fingerprint density at radius 2 is 1.94 bits per heavy atom. The minimum atomic E-state index is -0.301. The maximum atomic E-state index is 13.6. The van der Waals surface area contributed by atoms with Gasteiger partial charge in [0.05, 0.1) is 23.9 Å². The standard InChI is InChI=1S/C24H24N4O3S/c1-3-4-14-28-22(29)13-12-20(26-28)23(30)27(16-17-8-6-5-7-9-17)24-25-19-11-10-18(31-2)15-21(19)32-24/h5-13,15H,3-4,14,16H2,1-2H3. The molecule has 0 aliphatic carbocycles. The van der Waals surface area contributed by atoms with E-state index in [2.05, 4.69) is 5.10 Å². The van der Waals surface area contributed by atoms with Crippen LogP contribution in [0.3, 0.4) is 0 Å². The molecule has 4 aromatic rings. The highest BCUT2D eigenvalue weighted by atomic mass is 32.1. The van der Waals surface area contributed by atoms with E-state index < -0.39 is 0 Å². The number of hydrogen-bond donors (Lipinski definition) is 0. The molecule has 7 nitrogen and oxygen atoms in total. The van der Waals surface area contributed by atoms with Crippen LogP contribution in [0.1, 0.15) is 35.8 Å². The Morgan fingerprint density at radius 1 is 1.12 bits per heavy atom. The van der Waals surface area contributed by atoms with Gasteiger partial charge in [-0.15, -0.1) is 0 Å². The van der Waals surface area contributed by atoms with Crippen molar-refractivity contribution in [3.05, 3.63) is 82.3 Å². The van der Waals surface area contributed by atoms with E-state index in [4.69, 9.17) is 9.72 Å². The van der Waals surface area contributed by atoms with Crippen molar-refractivity contribution < 1.29 is 9.53 Å². The predicted molar refractivity (Wildman–Crippen MR) is 127 cm³/mol. The highest BCUT2D eigenvalue weighted by molar-refractivity contribution is 7.22. The monoisotopic (exact) mass is 448 g/mol. The van der Waals surface area contributed by atoms with Crippen LogP contribution in [0.15, 0.2) is 65.5 Å². The van der Waals surface area contributed by atoms with Gasteiger partial charge in [0.2, 0.25) is 0 Å². The van der Waals surface area contributed by atoms with E-state index in [1.807, 2.05) is 55.5 Å². The third-order valence-corrected chi connectivity index (χ3v) is 6.09. The number of unbranched alkanes of at least 4 members (excludes halogenated alkanes) is 1. The van der Waals surface area contributed by atoms with Gasteiger partial charge in [0.15, 0.2) is 5.13 Å². The minimum Gasteiger partial charge on any atom is -0.497 e. The van der Waals surface area contributed by atoms with Crippen molar-refractivity contribution in [2.24, 2.45) is 0 Å². The van der Waals surface area contributed by atoms with Gasteiger partial charge in [-0.1, -0.05) is 55.0 Å². The zero-order chi connectivity index (χ0) is 22.5. The second-order valence-electron chi connectivity index (χ2n) is 7.34. The maximum absolute atomic E-state index is 13.6. The lowest BCUT2D eigenvalue weighted by Crippen LogP contribution is -2.33. The van der Waals surface area contributed by atoms with Crippen LogP contribution < -0.4 is 15.2 Å². The first kappa shape index (κ1) is 21.7. The van der Waals surface area contributed by atoms with Crippen LogP contribution in [0, 0.1) is 0 Å². The summed E-state index contributed by atoms with van der Waals surface area (Å²) in [6.45, 7) is 2.87. The van der Waals surface area contributed by atoms with Crippen molar-refractivity contribution in [1.82, 2.24) is 14.8 Å². The third kappa shape index (κ3) is 4.70. The molecule has 164 valence electrons. The van der Waals surface area contributed by atoms with E-state index in [1.165, 1.54) is 28.2 Å². The van der Waals surface area contributed by atoms with E-state index in [0.717, 1.165) is 34.4 Å². The normalized spacial score (nSPS) is 10.9. The number of rotatable bonds is 8. The van der Waals surface area contributed by atoms with E-state index in [9.17, 15) is 9.59 Å². The summed E-state index contributed by atoms with van der Waals surface area (Å²) in [5.41, 5.74) is 1.76. The largest absolute Gasteiger partial charge is 0.497 e. The molecular weight excluding hydrogens is 424 g/mol. The fourth-order valence-electron chi connectivity index (χ4n) is 3.30. The molecule has 0 saturated heterocycles. The summed E-state index contributed by atoms with van der Waals surface area (Å²) in [6.07, 6.45) is 1.75. The number of carbonyl (C=O) groups is 1. The van der Waals surface area contributed by atoms with Gasteiger partial charge >= 0.3 is 0 Å². The first-order valence-electron chi connectivity index (χ1n) is 10.5. The molecule has 0 atom stereocenters. The Morgan fingerprint density at radius 3 is 2.69 bits per heavy atom. The number of fused-ring (bicyclic) bond motifs is 1. The van der Waals surface area contributed by atoms with Crippen LogP contribution >= 0.6 is 11.3 Å². The molecule has 0 N–H and O–H groups in total. The second-order valence-corrected chi connectivity index (χ2v) is 8.35. The molecule has 1 amide bonds. The van der Waals surface area contributed by atoms with Gasteiger partial charge < -0.3 is 4.74 Å². The van der Waals surface area contributed by atoms with Crippen molar-refractivity contribution >= 4 is 32.6 Å². The summed E-state index contributed by atoms with van der Waals surface area (Å²) in [5, 5.41) is 4.91. The fraction of sp³-hybridized carbons (Fsp3) is 0.250. The summed E-state index contributed by atoms with van der Waals surface area (Å²) >= 11 is 1.42. The quantitative estimate of drug-likeness (QED) is 0.396. The lowest BCUT2D eigenvalue weighted by molar-refractivity contribution is 0.0977. The van der Waals surface area contributed by atoms with E-state index in [1.54, 1.807) is 12.0 Å². The number of amides is 1. The van der Waals surface area contributed by atoms with Gasteiger partial charge in [0.1, 0.15) is 11.4 Å². The van der Waals surface area contributed by atoms with Crippen molar-refractivity contribution in [1.29, 1.82) is 0 Å². The lowest BCUT2D eigenvalue weighted by Gasteiger charge is -2.20. The van der Waals surface area contributed by atoms with Crippen LogP contribution in [-0.4, -0.2) is 27.8 Å². The number of aryl methyl sites for hydroxylation is 1. The highest BCUT2D eigenvalue weighted by Crippen LogP contribution is 2.32. The van der Waals surface area contributed by atoms with Gasteiger partial charge in [-0.2, -0.15) is 5.10 Å². The van der Waals surface area contributed by atoms with Crippen LogP contribution in [-0.2, 0) is 13.1 Å².